The summed E-state index contributed by atoms with van der Waals surface area (Å²) in [6.45, 7) is -0.323. The van der Waals surface area contributed by atoms with Crippen LogP contribution in [0.2, 0.25) is 5.02 Å². The summed E-state index contributed by atoms with van der Waals surface area (Å²) < 4.78 is 5.58. The van der Waals surface area contributed by atoms with Gasteiger partial charge in [0, 0.05) is 10.4 Å². The van der Waals surface area contributed by atoms with Crippen molar-refractivity contribution in [2.45, 2.75) is 6.42 Å². The maximum Gasteiger partial charge on any atom is 0.281 e. The first-order valence-electron chi connectivity index (χ1n) is 8.00. The van der Waals surface area contributed by atoms with Crippen molar-refractivity contribution in [1.29, 1.82) is 0 Å². The van der Waals surface area contributed by atoms with E-state index in [1.165, 1.54) is 0 Å². The van der Waals surface area contributed by atoms with Gasteiger partial charge in [-0.05, 0) is 29.1 Å². The fourth-order valence-electron chi connectivity index (χ4n) is 2.53. The minimum absolute atomic E-state index is 0.00762. The van der Waals surface area contributed by atoms with Gasteiger partial charge < -0.3 is 4.74 Å². The average Bonchev–Trinajstić information content (AvgIpc) is 2.67. The number of nitrogens with two attached hydrogens (primary N) is 1. The Hall–Kier alpha value is -2.89. The number of hydrogen-bond donors (Lipinski definition) is 1. The Morgan fingerprint density at radius 2 is 1.62 bits per heavy atom. The van der Waals surface area contributed by atoms with Crippen LogP contribution >= 0.6 is 11.6 Å². The molecule has 0 aromatic heterocycles. The summed E-state index contributed by atoms with van der Waals surface area (Å²) in [7, 11) is 0. The molecule has 6 heteroatoms. The molecule has 0 aliphatic carbocycles. The molecule has 0 spiro atoms. The maximum absolute atomic E-state index is 12.2. The van der Waals surface area contributed by atoms with Gasteiger partial charge in [0.2, 0.25) is 5.91 Å². The highest BCUT2D eigenvalue weighted by molar-refractivity contribution is 6.30. The third-order valence-corrected chi connectivity index (χ3v) is 4.16. The van der Waals surface area contributed by atoms with E-state index in [1.54, 1.807) is 30.3 Å². The van der Waals surface area contributed by atoms with Crippen LogP contribution in [0.15, 0.2) is 66.7 Å². The van der Waals surface area contributed by atoms with Gasteiger partial charge in [-0.2, -0.15) is 0 Å². The Balaban J connectivity index is 1.61. The normalized spacial score (nSPS) is 10.5. The summed E-state index contributed by atoms with van der Waals surface area (Å²) in [5.74, 6) is 5.08. The van der Waals surface area contributed by atoms with Crippen LogP contribution in [0.3, 0.4) is 0 Å². The fraction of sp³-hybridized carbons (Fsp3) is 0.100. The van der Waals surface area contributed by atoms with E-state index in [4.69, 9.17) is 22.2 Å². The molecule has 0 aliphatic rings. The zero-order valence-corrected chi connectivity index (χ0v) is 14.6. The van der Waals surface area contributed by atoms with E-state index in [2.05, 4.69) is 0 Å². The van der Waals surface area contributed by atoms with Crippen LogP contribution in [-0.4, -0.2) is 23.4 Å². The third kappa shape index (κ3) is 4.20. The molecular formula is C20H17ClN2O3. The molecule has 3 rings (SSSR count). The molecular weight excluding hydrogens is 352 g/mol. The second-order valence-corrected chi connectivity index (χ2v) is 6.16. The molecule has 0 radical (unpaired) electrons. The number of carbonyl (C=O) groups is 2. The van der Waals surface area contributed by atoms with E-state index >= 15 is 0 Å². The second kappa shape index (κ2) is 7.99. The molecule has 2 amide bonds. The summed E-state index contributed by atoms with van der Waals surface area (Å²) in [6, 6.07) is 20.0. The van der Waals surface area contributed by atoms with Crippen LogP contribution in [0.25, 0.3) is 10.8 Å². The largest absolute Gasteiger partial charge is 0.483 e. The van der Waals surface area contributed by atoms with Gasteiger partial charge >= 0.3 is 0 Å². The fourth-order valence-corrected chi connectivity index (χ4v) is 2.66. The summed E-state index contributed by atoms with van der Waals surface area (Å²) in [4.78, 5) is 24.3. The molecule has 3 aromatic rings. The molecule has 0 aliphatic heterocycles. The minimum atomic E-state index is -0.614. The number of carbonyl (C=O) groups excluding carboxylic acids is 2. The molecule has 0 bridgehead atoms. The lowest BCUT2D eigenvalue weighted by molar-refractivity contribution is -0.146. The smallest absolute Gasteiger partial charge is 0.281 e. The standard InChI is InChI=1S/C20H17ClN2O3/c21-16-10-8-14(9-11-16)12-19(24)23(22)20(25)13-26-18-7-3-5-15-4-1-2-6-17(15)18/h1-11H,12-13,22H2. The average molecular weight is 369 g/mol. The molecule has 0 saturated heterocycles. The Labute approximate surface area is 155 Å². The quantitative estimate of drug-likeness (QED) is 0.426. The molecule has 26 heavy (non-hydrogen) atoms. The van der Waals surface area contributed by atoms with E-state index < -0.39 is 11.8 Å². The van der Waals surface area contributed by atoms with Gasteiger partial charge in [-0.1, -0.05) is 60.1 Å². The Bertz CT molecular complexity index is 936. The summed E-state index contributed by atoms with van der Waals surface area (Å²) in [5, 5.41) is 3.06. The van der Waals surface area contributed by atoms with E-state index in [9.17, 15) is 9.59 Å². The van der Waals surface area contributed by atoms with Gasteiger partial charge in [-0.15, -0.1) is 0 Å². The van der Waals surface area contributed by atoms with Crippen molar-refractivity contribution < 1.29 is 14.3 Å². The minimum Gasteiger partial charge on any atom is -0.483 e. The van der Waals surface area contributed by atoms with Crippen molar-refractivity contribution in [3.05, 3.63) is 77.3 Å². The summed E-state index contributed by atoms with van der Waals surface area (Å²) in [6.07, 6.45) is 0.00762. The van der Waals surface area contributed by atoms with Crippen LogP contribution < -0.4 is 10.6 Å². The van der Waals surface area contributed by atoms with Crippen LogP contribution in [-0.2, 0) is 16.0 Å². The van der Waals surface area contributed by atoms with E-state index in [0.29, 0.717) is 15.8 Å². The number of hydrogen-bond acceptors (Lipinski definition) is 4. The number of halogens is 1. The van der Waals surface area contributed by atoms with Crippen molar-refractivity contribution in [1.82, 2.24) is 5.01 Å². The molecule has 132 valence electrons. The number of amides is 2. The molecule has 0 fully saturated rings. The highest BCUT2D eigenvalue weighted by atomic mass is 35.5. The lowest BCUT2D eigenvalue weighted by atomic mass is 10.1. The van der Waals surface area contributed by atoms with Crippen molar-refractivity contribution >= 4 is 34.2 Å². The molecule has 3 aromatic carbocycles. The number of nitrogens with zero attached hydrogens (tertiary/aromatic N) is 1. The van der Waals surface area contributed by atoms with Gasteiger partial charge in [0.25, 0.3) is 5.91 Å². The monoisotopic (exact) mass is 368 g/mol. The predicted octanol–water partition coefficient (Wildman–Crippen LogP) is 3.34. The molecule has 0 unspecified atom stereocenters. The Kier molecular flexibility index (Phi) is 5.51. The van der Waals surface area contributed by atoms with Crippen molar-refractivity contribution in [2.75, 3.05) is 6.61 Å². The first-order valence-corrected chi connectivity index (χ1v) is 8.38. The first kappa shape index (κ1) is 17.9. The van der Waals surface area contributed by atoms with Crippen LogP contribution in [0.1, 0.15) is 5.56 Å². The topological polar surface area (TPSA) is 72.6 Å². The molecule has 5 nitrogen and oxygen atoms in total. The molecule has 2 N–H and O–H groups in total. The Morgan fingerprint density at radius 1 is 0.923 bits per heavy atom. The summed E-state index contributed by atoms with van der Waals surface area (Å²) in [5.41, 5.74) is 0.720. The van der Waals surface area contributed by atoms with Gasteiger partial charge in [0.15, 0.2) is 6.61 Å². The van der Waals surface area contributed by atoms with Crippen molar-refractivity contribution in [2.24, 2.45) is 5.84 Å². The number of fused-ring (bicyclic) bond motifs is 1. The SMILES string of the molecule is NN(C(=O)COc1cccc2ccccc12)C(=O)Cc1ccc(Cl)cc1. The number of imide groups is 1. The van der Waals surface area contributed by atoms with Gasteiger partial charge in [0.1, 0.15) is 5.75 Å². The zero-order chi connectivity index (χ0) is 18.5. The molecule has 0 atom stereocenters. The van der Waals surface area contributed by atoms with E-state index in [0.717, 1.165) is 16.3 Å². The lowest BCUT2D eigenvalue weighted by Gasteiger charge is -2.16. The zero-order valence-electron chi connectivity index (χ0n) is 13.9. The number of benzene rings is 3. The van der Waals surface area contributed by atoms with Crippen LogP contribution in [0, 0.1) is 0 Å². The van der Waals surface area contributed by atoms with Crippen LogP contribution in [0.5, 0.6) is 5.75 Å². The Morgan fingerprint density at radius 3 is 2.38 bits per heavy atom. The maximum atomic E-state index is 12.2. The van der Waals surface area contributed by atoms with E-state index in [-0.39, 0.29) is 13.0 Å². The van der Waals surface area contributed by atoms with Crippen LogP contribution in [0.4, 0.5) is 0 Å². The first-order chi connectivity index (χ1) is 12.5. The van der Waals surface area contributed by atoms with Gasteiger partial charge in [-0.3, -0.25) is 9.59 Å². The van der Waals surface area contributed by atoms with Crippen molar-refractivity contribution in [3.63, 3.8) is 0 Å². The van der Waals surface area contributed by atoms with Gasteiger partial charge in [-0.25, -0.2) is 10.9 Å². The lowest BCUT2D eigenvalue weighted by Crippen LogP contribution is -2.45. The number of ether oxygens (including phenoxy) is 1. The number of rotatable bonds is 5. The second-order valence-electron chi connectivity index (χ2n) is 5.73. The third-order valence-electron chi connectivity index (χ3n) is 3.91. The highest BCUT2D eigenvalue weighted by Gasteiger charge is 2.19. The van der Waals surface area contributed by atoms with E-state index in [1.807, 2.05) is 36.4 Å². The highest BCUT2D eigenvalue weighted by Crippen LogP contribution is 2.25. The predicted molar refractivity (Wildman–Crippen MR) is 101 cm³/mol. The van der Waals surface area contributed by atoms with Crippen molar-refractivity contribution in [3.8, 4) is 5.75 Å². The summed E-state index contributed by atoms with van der Waals surface area (Å²) >= 11 is 5.81. The van der Waals surface area contributed by atoms with Gasteiger partial charge in [0.05, 0.1) is 6.42 Å². The molecule has 0 heterocycles. The number of hydrazine groups is 1. The molecule has 0 saturated carbocycles.